The molecule has 0 saturated carbocycles. The average Bonchev–Trinajstić information content (AvgIpc) is 2.22. The fourth-order valence-corrected chi connectivity index (χ4v) is 1.45. The number of nitrogens with two attached hydrogens (primary N) is 1. The molecule has 0 aliphatic carbocycles. The number of anilines is 1. The zero-order valence-electron chi connectivity index (χ0n) is 9.96. The molecule has 1 rings (SSSR count). The fourth-order valence-electron chi connectivity index (χ4n) is 1.45. The van der Waals surface area contributed by atoms with Crippen LogP contribution in [0.15, 0.2) is 12.1 Å². The van der Waals surface area contributed by atoms with Gasteiger partial charge in [0.2, 0.25) is 0 Å². The smallest absolute Gasteiger partial charge is 0.254 e. The van der Waals surface area contributed by atoms with Crippen LogP contribution < -0.4 is 11.1 Å². The molecule has 0 aliphatic heterocycles. The number of carbonyl (C=O) groups is 1. The molecule has 94 valence electrons. The van der Waals surface area contributed by atoms with E-state index in [1.54, 1.807) is 13.8 Å². The van der Waals surface area contributed by atoms with E-state index >= 15 is 0 Å². The van der Waals surface area contributed by atoms with E-state index in [1.807, 2.05) is 0 Å². The third-order valence-corrected chi connectivity index (χ3v) is 2.37. The molecular weight excluding hydrogens is 223 g/mol. The molecule has 0 bridgehead atoms. The van der Waals surface area contributed by atoms with E-state index in [-0.39, 0.29) is 5.56 Å². The van der Waals surface area contributed by atoms with Crippen molar-refractivity contribution in [1.29, 1.82) is 0 Å². The van der Waals surface area contributed by atoms with Gasteiger partial charge in [-0.3, -0.25) is 4.79 Å². The van der Waals surface area contributed by atoms with Crippen LogP contribution in [0.5, 0.6) is 0 Å². The number of aryl methyl sites for hydroxylation is 1. The Hall–Kier alpha value is -1.62. The number of benzene rings is 1. The van der Waals surface area contributed by atoms with Gasteiger partial charge >= 0.3 is 0 Å². The minimum atomic E-state index is -0.561. The monoisotopic (exact) mass is 240 g/mol. The first-order valence-electron chi connectivity index (χ1n) is 5.43. The van der Waals surface area contributed by atoms with Gasteiger partial charge in [0.05, 0.1) is 11.7 Å². The molecule has 5 heteroatoms. The van der Waals surface area contributed by atoms with Crippen LogP contribution in [0.3, 0.4) is 0 Å². The van der Waals surface area contributed by atoms with Gasteiger partial charge in [-0.05, 0) is 38.0 Å². The Balaban J connectivity index is 2.75. The van der Waals surface area contributed by atoms with Gasteiger partial charge in [0.25, 0.3) is 5.91 Å². The Morgan fingerprint density at radius 1 is 1.59 bits per heavy atom. The number of nitrogen functional groups attached to an aromatic ring is 1. The standard InChI is InChI=1S/C12H17FN2O2/c1-7-5-9(14)6-10(11(7)13)12(17)15-4-3-8(2)16/h5-6,8,16H,3-4,14H2,1-2H3,(H,15,17). The highest BCUT2D eigenvalue weighted by Crippen LogP contribution is 2.16. The molecule has 1 atom stereocenters. The van der Waals surface area contributed by atoms with Crippen LogP contribution >= 0.6 is 0 Å². The SMILES string of the molecule is Cc1cc(N)cc(C(=O)NCCC(C)O)c1F. The molecule has 4 N–H and O–H groups in total. The van der Waals surface area contributed by atoms with Crippen molar-refractivity contribution in [3.8, 4) is 0 Å². The number of aliphatic hydroxyl groups is 1. The predicted octanol–water partition coefficient (Wildman–Crippen LogP) is 1.22. The molecule has 1 aromatic carbocycles. The fraction of sp³-hybridized carbons (Fsp3) is 0.417. The van der Waals surface area contributed by atoms with Crippen molar-refractivity contribution < 1.29 is 14.3 Å². The van der Waals surface area contributed by atoms with Crippen molar-refractivity contribution in [2.45, 2.75) is 26.4 Å². The van der Waals surface area contributed by atoms with Gasteiger partial charge in [0.15, 0.2) is 0 Å². The Labute approximate surface area is 99.6 Å². The van der Waals surface area contributed by atoms with Gasteiger partial charge in [0, 0.05) is 12.2 Å². The van der Waals surface area contributed by atoms with Crippen molar-refractivity contribution in [2.75, 3.05) is 12.3 Å². The first-order valence-corrected chi connectivity index (χ1v) is 5.43. The highest BCUT2D eigenvalue weighted by atomic mass is 19.1. The van der Waals surface area contributed by atoms with Crippen molar-refractivity contribution in [2.24, 2.45) is 0 Å². The van der Waals surface area contributed by atoms with Crippen molar-refractivity contribution in [1.82, 2.24) is 5.32 Å². The maximum Gasteiger partial charge on any atom is 0.254 e. The Bertz CT molecular complexity index is 419. The molecular formula is C12H17FN2O2. The van der Waals surface area contributed by atoms with Gasteiger partial charge < -0.3 is 16.2 Å². The summed E-state index contributed by atoms with van der Waals surface area (Å²) in [5, 5.41) is 11.6. The molecule has 0 heterocycles. The van der Waals surface area contributed by atoms with Crippen LogP contribution in [0.1, 0.15) is 29.3 Å². The second-order valence-corrected chi connectivity index (χ2v) is 4.09. The second-order valence-electron chi connectivity index (χ2n) is 4.09. The molecule has 4 nitrogen and oxygen atoms in total. The predicted molar refractivity (Wildman–Crippen MR) is 64.2 cm³/mol. The van der Waals surface area contributed by atoms with E-state index < -0.39 is 17.8 Å². The topological polar surface area (TPSA) is 75.4 Å². The lowest BCUT2D eigenvalue weighted by Gasteiger charge is -2.09. The Morgan fingerprint density at radius 2 is 2.24 bits per heavy atom. The lowest BCUT2D eigenvalue weighted by molar-refractivity contribution is 0.0941. The maximum atomic E-state index is 13.7. The molecule has 0 aromatic heterocycles. The van der Waals surface area contributed by atoms with E-state index in [0.29, 0.717) is 24.2 Å². The van der Waals surface area contributed by atoms with E-state index in [2.05, 4.69) is 5.32 Å². The summed E-state index contributed by atoms with van der Waals surface area (Å²) in [4.78, 5) is 11.7. The van der Waals surface area contributed by atoms with Crippen molar-refractivity contribution >= 4 is 11.6 Å². The quantitative estimate of drug-likeness (QED) is 0.692. The van der Waals surface area contributed by atoms with Crippen LogP contribution in [-0.4, -0.2) is 23.7 Å². The van der Waals surface area contributed by atoms with Crippen molar-refractivity contribution in [3.63, 3.8) is 0 Å². The van der Waals surface area contributed by atoms with Gasteiger partial charge in [-0.25, -0.2) is 4.39 Å². The minimum Gasteiger partial charge on any atom is -0.399 e. The third kappa shape index (κ3) is 3.71. The van der Waals surface area contributed by atoms with Crippen LogP contribution in [-0.2, 0) is 0 Å². The first-order chi connectivity index (χ1) is 7.91. The number of amides is 1. The summed E-state index contributed by atoms with van der Waals surface area (Å²) in [6.45, 7) is 3.47. The molecule has 1 aromatic rings. The summed E-state index contributed by atoms with van der Waals surface area (Å²) < 4.78 is 13.7. The van der Waals surface area contributed by atoms with Gasteiger partial charge in [0.1, 0.15) is 5.82 Å². The van der Waals surface area contributed by atoms with Gasteiger partial charge in [-0.1, -0.05) is 0 Å². The number of hydrogen-bond donors (Lipinski definition) is 3. The highest BCUT2D eigenvalue weighted by molar-refractivity contribution is 5.95. The largest absolute Gasteiger partial charge is 0.399 e. The summed E-state index contributed by atoms with van der Waals surface area (Å²) >= 11 is 0. The van der Waals surface area contributed by atoms with E-state index in [0.717, 1.165) is 0 Å². The average molecular weight is 240 g/mol. The Morgan fingerprint density at radius 3 is 2.82 bits per heavy atom. The first kappa shape index (κ1) is 13.4. The van der Waals surface area contributed by atoms with E-state index in [1.165, 1.54) is 12.1 Å². The minimum absolute atomic E-state index is 0.0620. The second kappa shape index (κ2) is 5.63. The molecule has 1 unspecified atom stereocenters. The number of hydrogen-bond acceptors (Lipinski definition) is 3. The normalized spacial score (nSPS) is 12.2. The summed E-state index contributed by atoms with van der Waals surface area (Å²) in [7, 11) is 0. The number of rotatable bonds is 4. The number of aliphatic hydroxyl groups excluding tert-OH is 1. The highest BCUT2D eigenvalue weighted by Gasteiger charge is 2.14. The summed E-state index contributed by atoms with van der Waals surface area (Å²) in [5.41, 5.74) is 6.18. The lowest BCUT2D eigenvalue weighted by atomic mass is 10.1. The molecule has 0 fully saturated rings. The third-order valence-electron chi connectivity index (χ3n) is 2.37. The maximum absolute atomic E-state index is 13.7. The number of halogens is 1. The van der Waals surface area contributed by atoms with E-state index in [9.17, 15) is 9.18 Å². The van der Waals surface area contributed by atoms with Crippen molar-refractivity contribution in [3.05, 3.63) is 29.1 Å². The van der Waals surface area contributed by atoms with Crippen LogP contribution in [0.25, 0.3) is 0 Å². The molecule has 1 amide bonds. The van der Waals surface area contributed by atoms with Crippen LogP contribution in [0.2, 0.25) is 0 Å². The summed E-state index contributed by atoms with van der Waals surface area (Å²) in [5.74, 6) is -1.08. The molecule has 0 saturated heterocycles. The number of carbonyl (C=O) groups excluding carboxylic acids is 1. The zero-order chi connectivity index (χ0) is 13.0. The van der Waals surface area contributed by atoms with Gasteiger partial charge in [-0.2, -0.15) is 0 Å². The molecule has 0 spiro atoms. The van der Waals surface area contributed by atoms with E-state index in [4.69, 9.17) is 10.8 Å². The summed E-state index contributed by atoms with van der Waals surface area (Å²) in [6, 6.07) is 2.78. The number of nitrogens with one attached hydrogen (secondary N) is 1. The van der Waals surface area contributed by atoms with Crippen LogP contribution in [0.4, 0.5) is 10.1 Å². The van der Waals surface area contributed by atoms with Gasteiger partial charge in [-0.15, -0.1) is 0 Å². The molecule has 17 heavy (non-hydrogen) atoms. The summed E-state index contributed by atoms with van der Waals surface area (Å²) in [6.07, 6.45) is -0.0722. The lowest BCUT2D eigenvalue weighted by Crippen LogP contribution is -2.27. The Kier molecular flexibility index (Phi) is 4.45. The molecule has 0 radical (unpaired) electrons. The van der Waals surface area contributed by atoms with Crippen LogP contribution in [0, 0.1) is 12.7 Å². The molecule has 0 aliphatic rings. The zero-order valence-corrected chi connectivity index (χ0v) is 9.96.